The second-order valence-corrected chi connectivity index (χ2v) is 17.9. The standard InChI is InChI=1S/C38H62O7/c1-23(2)12-11-13-24(3)27-14-15-28-31-29(17-19-37(27,28)10)36(9)18-16-25(38(32(39)40)22-42-35(7,8)45-38)20-26(36)21-30(31)43-33(41)44-34(4,5)6/h21,23-25,27-31H,11-20,22H2,1-10H3,(H,39,40). The van der Waals surface area contributed by atoms with Crippen molar-refractivity contribution in [1.29, 1.82) is 0 Å². The van der Waals surface area contributed by atoms with Gasteiger partial charge in [0.05, 0.1) is 6.61 Å². The average molecular weight is 631 g/mol. The molecule has 3 saturated carbocycles. The Morgan fingerprint density at radius 1 is 1.00 bits per heavy atom. The van der Waals surface area contributed by atoms with Crippen molar-refractivity contribution in [3.8, 4) is 0 Å². The van der Waals surface area contributed by atoms with Gasteiger partial charge < -0.3 is 24.1 Å². The maximum absolute atomic E-state index is 13.3. The fraction of sp³-hybridized carbons (Fsp3) is 0.895. The molecule has 5 rings (SSSR count). The summed E-state index contributed by atoms with van der Waals surface area (Å²) in [4.78, 5) is 26.0. The third kappa shape index (κ3) is 6.47. The van der Waals surface area contributed by atoms with E-state index in [-0.39, 0.29) is 35.4 Å². The molecule has 4 fully saturated rings. The van der Waals surface area contributed by atoms with Crippen LogP contribution in [0.15, 0.2) is 11.6 Å². The van der Waals surface area contributed by atoms with Crippen molar-refractivity contribution < 1.29 is 33.6 Å². The zero-order chi connectivity index (χ0) is 33.2. The second kappa shape index (κ2) is 12.1. The Hall–Kier alpha value is -1.60. The predicted octanol–water partition coefficient (Wildman–Crippen LogP) is 9.18. The molecule has 1 N–H and O–H groups in total. The number of carboxylic acid groups (broad SMARTS) is 1. The zero-order valence-electron chi connectivity index (χ0n) is 29.9. The van der Waals surface area contributed by atoms with Crippen LogP contribution >= 0.6 is 0 Å². The van der Waals surface area contributed by atoms with E-state index in [0.717, 1.165) is 25.2 Å². The van der Waals surface area contributed by atoms with E-state index >= 15 is 0 Å². The van der Waals surface area contributed by atoms with Gasteiger partial charge in [-0.3, -0.25) is 0 Å². The van der Waals surface area contributed by atoms with Crippen LogP contribution in [0.5, 0.6) is 0 Å². The van der Waals surface area contributed by atoms with Crippen molar-refractivity contribution in [3.05, 3.63) is 11.6 Å². The highest BCUT2D eigenvalue weighted by atomic mass is 16.8. The summed E-state index contributed by atoms with van der Waals surface area (Å²) in [5.41, 5.74) is -0.636. The average Bonchev–Trinajstić information content (AvgIpc) is 3.44. The summed E-state index contributed by atoms with van der Waals surface area (Å²) in [6.45, 7) is 21.3. The highest BCUT2D eigenvalue weighted by Crippen LogP contribution is 2.68. The molecule has 1 saturated heterocycles. The van der Waals surface area contributed by atoms with Crippen LogP contribution in [0.2, 0.25) is 0 Å². The Bertz CT molecular complexity index is 1150. The SMILES string of the molecule is CC(C)CCCC(C)C1CCC2C3C(OC(=O)OC(C)(C)C)C=C4CC(C5(C(=O)O)COC(C)(C)O5)CCC4(C)C3CCC12C. The molecule has 45 heavy (non-hydrogen) atoms. The number of ether oxygens (including phenoxy) is 4. The molecule has 0 spiro atoms. The van der Waals surface area contributed by atoms with E-state index in [4.69, 9.17) is 18.9 Å². The van der Waals surface area contributed by atoms with E-state index in [9.17, 15) is 14.7 Å². The topological polar surface area (TPSA) is 91.3 Å². The van der Waals surface area contributed by atoms with Crippen LogP contribution in [0.25, 0.3) is 0 Å². The molecule has 10 unspecified atom stereocenters. The van der Waals surface area contributed by atoms with Crippen LogP contribution in [-0.4, -0.2) is 46.9 Å². The summed E-state index contributed by atoms with van der Waals surface area (Å²) >= 11 is 0. The summed E-state index contributed by atoms with van der Waals surface area (Å²) in [6.07, 6.45) is 12.1. The van der Waals surface area contributed by atoms with Gasteiger partial charge in [-0.1, -0.05) is 59.5 Å². The lowest BCUT2D eigenvalue weighted by Gasteiger charge is -2.60. The first-order chi connectivity index (χ1) is 20.8. The van der Waals surface area contributed by atoms with Crippen molar-refractivity contribution >= 4 is 12.1 Å². The van der Waals surface area contributed by atoms with Gasteiger partial charge in [-0.2, -0.15) is 0 Å². The van der Waals surface area contributed by atoms with E-state index in [0.29, 0.717) is 30.1 Å². The number of carboxylic acids is 1. The van der Waals surface area contributed by atoms with E-state index in [1.807, 2.05) is 20.8 Å². The van der Waals surface area contributed by atoms with Crippen molar-refractivity contribution in [3.63, 3.8) is 0 Å². The molecule has 4 aliphatic carbocycles. The van der Waals surface area contributed by atoms with Crippen LogP contribution in [0.3, 0.4) is 0 Å². The number of aliphatic carboxylic acids is 1. The molecule has 10 atom stereocenters. The van der Waals surface area contributed by atoms with Crippen molar-refractivity contribution in [1.82, 2.24) is 0 Å². The maximum Gasteiger partial charge on any atom is 0.509 e. The van der Waals surface area contributed by atoms with Gasteiger partial charge in [0.25, 0.3) is 0 Å². The fourth-order valence-electron chi connectivity index (χ4n) is 10.8. The van der Waals surface area contributed by atoms with Gasteiger partial charge in [0, 0.05) is 11.8 Å². The minimum atomic E-state index is -1.38. The minimum Gasteiger partial charge on any atom is -0.479 e. The molecule has 5 aliphatic rings. The monoisotopic (exact) mass is 630 g/mol. The van der Waals surface area contributed by atoms with E-state index in [1.165, 1.54) is 44.1 Å². The molecular formula is C38H62O7. The molecule has 0 bridgehead atoms. The zero-order valence-corrected chi connectivity index (χ0v) is 29.9. The largest absolute Gasteiger partial charge is 0.509 e. The molecule has 1 heterocycles. The van der Waals surface area contributed by atoms with Gasteiger partial charge in [-0.15, -0.1) is 0 Å². The third-order valence-electron chi connectivity index (χ3n) is 13.0. The van der Waals surface area contributed by atoms with Crippen molar-refractivity contribution in [2.75, 3.05) is 6.61 Å². The molecule has 1 aliphatic heterocycles. The van der Waals surface area contributed by atoms with Crippen molar-refractivity contribution in [2.24, 2.45) is 52.3 Å². The van der Waals surface area contributed by atoms with Crippen molar-refractivity contribution in [2.45, 2.75) is 157 Å². The molecular weight excluding hydrogens is 568 g/mol. The highest BCUT2D eigenvalue weighted by molar-refractivity contribution is 5.78. The fourth-order valence-corrected chi connectivity index (χ4v) is 10.8. The Morgan fingerprint density at radius 3 is 2.31 bits per heavy atom. The van der Waals surface area contributed by atoms with Gasteiger partial charge in [0.15, 0.2) is 11.4 Å². The summed E-state index contributed by atoms with van der Waals surface area (Å²) in [5.74, 6) is 1.09. The number of fused-ring (bicyclic) bond motifs is 5. The molecule has 0 aromatic heterocycles. The summed E-state index contributed by atoms with van der Waals surface area (Å²) < 4.78 is 24.1. The van der Waals surface area contributed by atoms with Crippen LogP contribution in [-0.2, 0) is 23.7 Å². The Morgan fingerprint density at radius 2 is 1.71 bits per heavy atom. The Labute approximate surface area is 272 Å². The molecule has 0 aromatic carbocycles. The first-order valence-corrected chi connectivity index (χ1v) is 18.0. The number of hydrogen-bond donors (Lipinski definition) is 1. The normalized spacial score (nSPS) is 41.4. The molecule has 0 aromatic rings. The lowest BCUT2D eigenvalue weighted by atomic mass is 9.45. The van der Waals surface area contributed by atoms with Gasteiger partial charge in [-0.05, 0) is 126 Å². The smallest absolute Gasteiger partial charge is 0.479 e. The first kappa shape index (κ1) is 34.7. The third-order valence-corrected chi connectivity index (χ3v) is 13.0. The minimum absolute atomic E-state index is 0.0467. The lowest BCUT2D eigenvalue weighted by molar-refractivity contribution is -0.198. The molecule has 0 amide bonds. The number of hydrogen-bond acceptors (Lipinski definition) is 6. The summed E-state index contributed by atoms with van der Waals surface area (Å²) in [5, 5.41) is 10.4. The van der Waals surface area contributed by atoms with Gasteiger partial charge >= 0.3 is 12.1 Å². The number of rotatable bonds is 8. The van der Waals surface area contributed by atoms with Crippen LogP contribution in [0, 0.1) is 52.3 Å². The number of carbonyl (C=O) groups is 2. The summed E-state index contributed by atoms with van der Waals surface area (Å²) in [6, 6.07) is 0. The molecule has 7 nitrogen and oxygen atoms in total. The molecule has 0 radical (unpaired) electrons. The maximum atomic E-state index is 13.3. The molecule has 256 valence electrons. The second-order valence-electron chi connectivity index (χ2n) is 17.9. The first-order valence-electron chi connectivity index (χ1n) is 18.0. The Balaban J connectivity index is 1.46. The Kier molecular flexibility index (Phi) is 9.36. The summed E-state index contributed by atoms with van der Waals surface area (Å²) in [7, 11) is 0. The van der Waals surface area contributed by atoms with Gasteiger partial charge in [-0.25, -0.2) is 9.59 Å². The van der Waals surface area contributed by atoms with Gasteiger partial charge in [0.2, 0.25) is 0 Å². The predicted molar refractivity (Wildman–Crippen MR) is 175 cm³/mol. The quantitative estimate of drug-likeness (QED) is 0.211. The number of carbonyl (C=O) groups excluding carboxylic acids is 1. The molecule has 7 heteroatoms. The van der Waals surface area contributed by atoms with E-state index < -0.39 is 29.1 Å². The van der Waals surface area contributed by atoms with Crippen LogP contribution in [0.1, 0.15) is 133 Å². The van der Waals surface area contributed by atoms with Gasteiger partial charge in [0.1, 0.15) is 11.7 Å². The van der Waals surface area contributed by atoms with E-state index in [2.05, 4.69) is 40.7 Å². The van der Waals surface area contributed by atoms with Crippen LogP contribution < -0.4 is 0 Å². The lowest BCUT2D eigenvalue weighted by Crippen LogP contribution is -2.57. The highest BCUT2D eigenvalue weighted by Gasteiger charge is 2.64. The number of allylic oxidation sites excluding steroid dienone is 1. The van der Waals surface area contributed by atoms with Crippen LogP contribution in [0.4, 0.5) is 4.79 Å². The van der Waals surface area contributed by atoms with E-state index in [1.54, 1.807) is 13.8 Å².